The summed E-state index contributed by atoms with van der Waals surface area (Å²) < 4.78 is 5.95. The summed E-state index contributed by atoms with van der Waals surface area (Å²) in [5.74, 6) is -1.54. The van der Waals surface area contributed by atoms with Gasteiger partial charge in [0.2, 0.25) is 0 Å². The number of fused-ring (bicyclic) bond motifs is 5. The molecule has 33 heavy (non-hydrogen) atoms. The van der Waals surface area contributed by atoms with Crippen LogP contribution in [0.25, 0.3) is 0 Å². The number of rotatable bonds is 3. The standard InChI is InChI=1S/C26H38O7/c1-6-15(2)21(29)33-20-14-19-22(4)9-8-18(28)13-17(22)7-10-25(19,31)26(32)12-11-24(30,16(3)27)23(20,26)5/h6-7,18-20,28,30-32H,8-14H2,1-5H3. The second kappa shape index (κ2) is 7.48. The molecule has 3 fully saturated rings. The Labute approximate surface area is 195 Å². The summed E-state index contributed by atoms with van der Waals surface area (Å²) >= 11 is 0. The molecule has 0 radical (unpaired) electrons. The van der Waals surface area contributed by atoms with Crippen molar-refractivity contribution in [2.24, 2.45) is 16.7 Å². The van der Waals surface area contributed by atoms with Gasteiger partial charge in [-0.15, -0.1) is 0 Å². The van der Waals surface area contributed by atoms with E-state index >= 15 is 0 Å². The molecule has 8 atom stereocenters. The van der Waals surface area contributed by atoms with Crippen LogP contribution in [0.4, 0.5) is 0 Å². The first-order chi connectivity index (χ1) is 15.2. The highest BCUT2D eigenvalue weighted by molar-refractivity contribution is 5.89. The monoisotopic (exact) mass is 462 g/mol. The molecule has 8 unspecified atom stereocenters. The lowest BCUT2D eigenvalue weighted by Crippen LogP contribution is -2.78. The molecule has 4 N–H and O–H groups in total. The molecule has 4 aliphatic rings. The first-order valence-corrected chi connectivity index (χ1v) is 12.1. The second-order valence-electron chi connectivity index (χ2n) is 11.3. The molecule has 3 saturated carbocycles. The van der Waals surface area contributed by atoms with Gasteiger partial charge in [-0.1, -0.05) is 24.6 Å². The number of carbonyl (C=O) groups is 2. The lowest BCUT2D eigenvalue weighted by atomic mass is 9.42. The number of esters is 1. The van der Waals surface area contributed by atoms with Crippen LogP contribution in [0.2, 0.25) is 0 Å². The predicted molar refractivity (Wildman–Crippen MR) is 121 cm³/mol. The average Bonchev–Trinajstić information content (AvgIpc) is 2.99. The van der Waals surface area contributed by atoms with Crippen LogP contribution in [0.15, 0.2) is 23.3 Å². The van der Waals surface area contributed by atoms with Gasteiger partial charge in [0.05, 0.1) is 11.5 Å². The smallest absolute Gasteiger partial charge is 0.333 e. The van der Waals surface area contributed by atoms with Crippen molar-refractivity contribution in [1.29, 1.82) is 0 Å². The molecular weight excluding hydrogens is 424 g/mol. The van der Waals surface area contributed by atoms with E-state index in [2.05, 4.69) is 0 Å². The number of aliphatic hydroxyl groups is 4. The highest BCUT2D eigenvalue weighted by atomic mass is 16.5. The van der Waals surface area contributed by atoms with Gasteiger partial charge in [0.1, 0.15) is 22.9 Å². The largest absolute Gasteiger partial charge is 0.458 e. The molecule has 4 rings (SSSR count). The van der Waals surface area contributed by atoms with E-state index in [1.165, 1.54) is 6.92 Å². The Morgan fingerprint density at radius 2 is 1.79 bits per heavy atom. The summed E-state index contributed by atoms with van der Waals surface area (Å²) in [6.45, 7) is 8.28. The van der Waals surface area contributed by atoms with Crippen molar-refractivity contribution in [3.05, 3.63) is 23.3 Å². The molecule has 0 aromatic rings. The molecule has 0 aromatic heterocycles. The third-order valence-electron chi connectivity index (χ3n) is 10.2. The molecule has 0 saturated heterocycles. The van der Waals surface area contributed by atoms with Crippen molar-refractivity contribution in [2.45, 2.75) is 109 Å². The fourth-order valence-corrected chi connectivity index (χ4v) is 7.71. The summed E-state index contributed by atoms with van der Waals surface area (Å²) in [7, 11) is 0. The molecule has 0 aromatic carbocycles. The van der Waals surface area contributed by atoms with Gasteiger partial charge in [0, 0.05) is 11.5 Å². The van der Waals surface area contributed by atoms with Crippen LogP contribution in [0.5, 0.6) is 0 Å². The minimum atomic E-state index is -1.94. The van der Waals surface area contributed by atoms with Crippen LogP contribution < -0.4 is 0 Å². The van der Waals surface area contributed by atoms with E-state index in [9.17, 15) is 30.0 Å². The Morgan fingerprint density at radius 1 is 1.12 bits per heavy atom. The zero-order chi connectivity index (χ0) is 24.6. The number of carbonyl (C=O) groups excluding carboxylic acids is 2. The van der Waals surface area contributed by atoms with E-state index in [4.69, 9.17) is 4.74 Å². The minimum Gasteiger partial charge on any atom is -0.458 e. The highest BCUT2D eigenvalue weighted by Gasteiger charge is 2.81. The normalized spacial score (nSPS) is 49.4. The minimum absolute atomic E-state index is 0.0190. The van der Waals surface area contributed by atoms with E-state index < -0.39 is 57.5 Å². The van der Waals surface area contributed by atoms with Gasteiger partial charge in [-0.05, 0) is 78.1 Å². The Bertz CT molecular complexity index is 939. The van der Waals surface area contributed by atoms with E-state index in [1.54, 1.807) is 26.8 Å². The number of ether oxygens (including phenoxy) is 1. The molecule has 4 aliphatic carbocycles. The van der Waals surface area contributed by atoms with Crippen LogP contribution in [0.3, 0.4) is 0 Å². The average molecular weight is 463 g/mol. The molecule has 0 bridgehead atoms. The second-order valence-corrected chi connectivity index (χ2v) is 11.3. The van der Waals surface area contributed by atoms with E-state index in [0.717, 1.165) is 5.57 Å². The first kappa shape index (κ1) is 24.6. The number of hydrogen-bond acceptors (Lipinski definition) is 7. The Kier molecular flexibility index (Phi) is 5.57. The summed E-state index contributed by atoms with van der Waals surface area (Å²) in [6, 6.07) is 0. The van der Waals surface area contributed by atoms with Crippen LogP contribution in [-0.2, 0) is 14.3 Å². The topological polar surface area (TPSA) is 124 Å². The maximum absolute atomic E-state index is 12.9. The fraction of sp³-hybridized carbons (Fsp3) is 0.769. The Hall–Kier alpha value is -1.54. The summed E-state index contributed by atoms with van der Waals surface area (Å²) in [6.07, 6.45) is 4.23. The molecule has 0 spiro atoms. The number of hydrogen-bond donors (Lipinski definition) is 4. The SMILES string of the molecule is CC=C(C)C(=O)OC1CC2C3(C)CCC(O)CC3=CCC2(O)C2(O)CCC(O)(C(C)=O)C12C. The molecule has 0 amide bonds. The lowest BCUT2D eigenvalue weighted by Gasteiger charge is -2.67. The number of Topliss-reactive ketones (excluding diaryl/α,β-unsaturated/α-hetero) is 1. The molecule has 184 valence electrons. The molecule has 7 heteroatoms. The Morgan fingerprint density at radius 3 is 2.39 bits per heavy atom. The van der Waals surface area contributed by atoms with Gasteiger partial charge in [-0.25, -0.2) is 4.79 Å². The third-order valence-corrected chi connectivity index (χ3v) is 10.2. The zero-order valence-electron chi connectivity index (χ0n) is 20.4. The van der Waals surface area contributed by atoms with Crippen LogP contribution >= 0.6 is 0 Å². The van der Waals surface area contributed by atoms with Crippen molar-refractivity contribution < 1.29 is 34.8 Å². The van der Waals surface area contributed by atoms with Crippen LogP contribution in [-0.4, -0.2) is 61.2 Å². The molecular formula is C26H38O7. The van der Waals surface area contributed by atoms with Crippen molar-refractivity contribution in [2.75, 3.05) is 0 Å². The highest BCUT2D eigenvalue weighted by Crippen LogP contribution is 2.70. The van der Waals surface area contributed by atoms with Crippen LogP contribution in [0, 0.1) is 16.7 Å². The quantitative estimate of drug-likeness (QED) is 0.288. The number of aliphatic hydroxyl groups excluding tert-OH is 1. The summed E-state index contributed by atoms with van der Waals surface area (Å²) in [4.78, 5) is 25.6. The van der Waals surface area contributed by atoms with E-state index in [0.29, 0.717) is 24.8 Å². The number of ketones is 1. The zero-order valence-corrected chi connectivity index (χ0v) is 20.4. The van der Waals surface area contributed by atoms with Crippen molar-refractivity contribution >= 4 is 11.8 Å². The summed E-state index contributed by atoms with van der Waals surface area (Å²) in [5, 5.41) is 46.4. The van der Waals surface area contributed by atoms with Gasteiger partial charge in [0.15, 0.2) is 5.78 Å². The van der Waals surface area contributed by atoms with Gasteiger partial charge >= 0.3 is 5.97 Å². The lowest BCUT2D eigenvalue weighted by molar-refractivity contribution is -0.314. The van der Waals surface area contributed by atoms with Crippen molar-refractivity contribution in [3.63, 3.8) is 0 Å². The van der Waals surface area contributed by atoms with Gasteiger partial charge < -0.3 is 25.2 Å². The van der Waals surface area contributed by atoms with Crippen molar-refractivity contribution in [3.8, 4) is 0 Å². The third kappa shape index (κ3) is 2.89. The van der Waals surface area contributed by atoms with Gasteiger partial charge in [-0.3, -0.25) is 4.79 Å². The predicted octanol–water partition coefficient (Wildman–Crippen LogP) is 2.35. The molecule has 7 nitrogen and oxygen atoms in total. The maximum atomic E-state index is 12.9. The maximum Gasteiger partial charge on any atom is 0.333 e. The van der Waals surface area contributed by atoms with Crippen molar-refractivity contribution in [1.82, 2.24) is 0 Å². The van der Waals surface area contributed by atoms with Gasteiger partial charge in [-0.2, -0.15) is 0 Å². The molecule has 0 heterocycles. The Balaban J connectivity index is 1.89. The van der Waals surface area contributed by atoms with E-state index in [1.807, 2.05) is 13.0 Å². The van der Waals surface area contributed by atoms with E-state index in [-0.39, 0.29) is 25.7 Å². The fourth-order valence-electron chi connectivity index (χ4n) is 7.71. The van der Waals surface area contributed by atoms with Crippen LogP contribution in [0.1, 0.15) is 79.6 Å². The number of allylic oxidation sites excluding steroid dienone is 1. The first-order valence-electron chi connectivity index (χ1n) is 12.1. The van der Waals surface area contributed by atoms with Gasteiger partial charge in [0.25, 0.3) is 0 Å². The molecule has 0 aliphatic heterocycles. The summed E-state index contributed by atoms with van der Waals surface area (Å²) in [5.41, 5.74) is -6.04.